The molecule has 0 amide bonds. The third kappa shape index (κ3) is 5.39. The van der Waals surface area contributed by atoms with Gasteiger partial charge in [0.15, 0.2) is 0 Å². The van der Waals surface area contributed by atoms with Crippen molar-refractivity contribution in [1.82, 2.24) is 5.32 Å². The number of methoxy groups -OCH3 is 1. The fourth-order valence-electron chi connectivity index (χ4n) is 2.04. The highest BCUT2D eigenvalue weighted by molar-refractivity contribution is 6.33. The Morgan fingerprint density at radius 1 is 1.32 bits per heavy atom. The summed E-state index contributed by atoms with van der Waals surface area (Å²) in [6.45, 7) is 8.78. The SMILES string of the molecule is CCCN(CC)c1ccc(CNCCOC)cc1Cl. The van der Waals surface area contributed by atoms with E-state index in [4.69, 9.17) is 16.3 Å². The topological polar surface area (TPSA) is 24.5 Å². The van der Waals surface area contributed by atoms with Crippen LogP contribution >= 0.6 is 11.6 Å². The van der Waals surface area contributed by atoms with Crippen molar-refractivity contribution in [3.63, 3.8) is 0 Å². The monoisotopic (exact) mass is 284 g/mol. The van der Waals surface area contributed by atoms with Gasteiger partial charge in [-0.3, -0.25) is 0 Å². The molecule has 0 aromatic heterocycles. The largest absolute Gasteiger partial charge is 0.383 e. The molecular weight excluding hydrogens is 260 g/mol. The molecule has 19 heavy (non-hydrogen) atoms. The molecule has 0 saturated carbocycles. The number of rotatable bonds is 9. The Labute approximate surface area is 121 Å². The van der Waals surface area contributed by atoms with Crippen LogP contribution in [-0.2, 0) is 11.3 Å². The van der Waals surface area contributed by atoms with E-state index in [1.165, 1.54) is 5.56 Å². The van der Waals surface area contributed by atoms with Gasteiger partial charge < -0.3 is 15.0 Å². The number of anilines is 1. The highest BCUT2D eigenvalue weighted by atomic mass is 35.5. The third-order valence-electron chi connectivity index (χ3n) is 3.04. The van der Waals surface area contributed by atoms with Crippen molar-refractivity contribution in [3.05, 3.63) is 28.8 Å². The zero-order valence-corrected chi connectivity index (χ0v) is 13.0. The van der Waals surface area contributed by atoms with E-state index < -0.39 is 0 Å². The molecule has 1 aromatic carbocycles. The Kier molecular flexibility index (Phi) is 7.87. The van der Waals surface area contributed by atoms with E-state index >= 15 is 0 Å². The predicted octanol–water partition coefficient (Wildman–Crippen LogP) is 3.31. The van der Waals surface area contributed by atoms with Crippen LogP contribution in [0.25, 0.3) is 0 Å². The lowest BCUT2D eigenvalue weighted by Gasteiger charge is -2.24. The maximum absolute atomic E-state index is 6.38. The normalized spacial score (nSPS) is 10.7. The zero-order chi connectivity index (χ0) is 14.1. The van der Waals surface area contributed by atoms with Gasteiger partial charge in [-0.15, -0.1) is 0 Å². The van der Waals surface area contributed by atoms with E-state index in [1.54, 1.807) is 7.11 Å². The second kappa shape index (κ2) is 9.18. The van der Waals surface area contributed by atoms with Gasteiger partial charge in [-0.2, -0.15) is 0 Å². The fraction of sp³-hybridized carbons (Fsp3) is 0.600. The van der Waals surface area contributed by atoms with Gasteiger partial charge in [-0.25, -0.2) is 0 Å². The highest BCUT2D eigenvalue weighted by Gasteiger charge is 2.08. The molecule has 0 saturated heterocycles. The molecule has 0 spiro atoms. The van der Waals surface area contributed by atoms with Crippen LogP contribution < -0.4 is 10.2 Å². The van der Waals surface area contributed by atoms with Gasteiger partial charge in [0, 0.05) is 33.3 Å². The van der Waals surface area contributed by atoms with Crippen molar-refractivity contribution in [2.75, 3.05) is 38.3 Å². The van der Waals surface area contributed by atoms with Crippen molar-refractivity contribution in [2.24, 2.45) is 0 Å². The molecular formula is C15H25ClN2O. The van der Waals surface area contributed by atoms with Gasteiger partial charge >= 0.3 is 0 Å². The Morgan fingerprint density at radius 2 is 2.11 bits per heavy atom. The smallest absolute Gasteiger partial charge is 0.0642 e. The summed E-state index contributed by atoms with van der Waals surface area (Å²) in [4.78, 5) is 2.31. The van der Waals surface area contributed by atoms with Crippen molar-refractivity contribution in [2.45, 2.75) is 26.8 Å². The number of nitrogens with one attached hydrogen (secondary N) is 1. The number of benzene rings is 1. The summed E-state index contributed by atoms with van der Waals surface area (Å²) in [6.07, 6.45) is 1.13. The molecule has 108 valence electrons. The Bertz CT molecular complexity index is 371. The van der Waals surface area contributed by atoms with Gasteiger partial charge in [-0.1, -0.05) is 24.6 Å². The van der Waals surface area contributed by atoms with Gasteiger partial charge in [-0.05, 0) is 31.0 Å². The van der Waals surface area contributed by atoms with Gasteiger partial charge in [0.05, 0.1) is 17.3 Å². The summed E-state index contributed by atoms with van der Waals surface area (Å²) in [5.41, 5.74) is 2.34. The highest BCUT2D eigenvalue weighted by Crippen LogP contribution is 2.27. The fourth-order valence-corrected chi connectivity index (χ4v) is 2.37. The van der Waals surface area contributed by atoms with Crippen LogP contribution in [0.5, 0.6) is 0 Å². The molecule has 0 aliphatic heterocycles. The lowest BCUT2D eigenvalue weighted by atomic mass is 10.2. The van der Waals surface area contributed by atoms with Crippen LogP contribution in [0.15, 0.2) is 18.2 Å². The second-order valence-electron chi connectivity index (χ2n) is 4.54. The van der Waals surface area contributed by atoms with Crippen molar-refractivity contribution >= 4 is 17.3 Å². The molecule has 0 atom stereocenters. The van der Waals surface area contributed by atoms with E-state index in [0.29, 0.717) is 0 Å². The first-order chi connectivity index (χ1) is 9.22. The number of hydrogen-bond donors (Lipinski definition) is 1. The molecule has 3 nitrogen and oxygen atoms in total. The lowest BCUT2D eigenvalue weighted by Crippen LogP contribution is -2.24. The number of halogens is 1. The van der Waals surface area contributed by atoms with Gasteiger partial charge in [0.2, 0.25) is 0 Å². The molecule has 1 N–H and O–H groups in total. The molecule has 4 heteroatoms. The summed E-state index contributed by atoms with van der Waals surface area (Å²) in [6, 6.07) is 6.31. The van der Waals surface area contributed by atoms with Crippen LogP contribution in [0, 0.1) is 0 Å². The molecule has 0 radical (unpaired) electrons. The standard InChI is InChI=1S/C15H25ClN2O/c1-4-9-18(5-2)15-7-6-13(11-14(15)16)12-17-8-10-19-3/h6-7,11,17H,4-5,8-10,12H2,1-3H3. The van der Waals surface area contributed by atoms with Crippen molar-refractivity contribution in [3.8, 4) is 0 Å². The van der Waals surface area contributed by atoms with E-state index in [1.807, 2.05) is 0 Å². The summed E-state index contributed by atoms with van der Waals surface area (Å²) < 4.78 is 5.00. The first-order valence-corrected chi connectivity index (χ1v) is 7.33. The van der Waals surface area contributed by atoms with Crippen LogP contribution in [0.1, 0.15) is 25.8 Å². The van der Waals surface area contributed by atoms with Gasteiger partial charge in [0.1, 0.15) is 0 Å². The van der Waals surface area contributed by atoms with E-state index in [9.17, 15) is 0 Å². The number of hydrogen-bond acceptors (Lipinski definition) is 3. The third-order valence-corrected chi connectivity index (χ3v) is 3.34. The van der Waals surface area contributed by atoms with Crippen molar-refractivity contribution < 1.29 is 4.74 Å². The summed E-state index contributed by atoms with van der Waals surface area (Å²) in [5, 5.41) is 4.15. The molecule has 0 fully saturated rings. The minimum atomic E-state index is 0.728. The average Bonchev–Trinajstić information content (AvgIpc) is 2.42. The molecule has 0 unspecified atom stereocenters. The quantitative estimate of drug-likeness (QED) is 0.704. The average molecular weight is 285 g/mol. The molecule has 1 rings (SSSR count). The summed E-state index contributed by atoms with van der Waals surface area (Å²) in [7, 11) is 1.71. The summed E-state index contributed by atoms with van der Waals surface area (Å²) in [5.74, 6) is 0. The minimum absolute atomic E-state index is 0.728. The first kappa shape index (κ1) is 16.3. The summed E-state index contributed by atoms with van der Waals surface area (Å²) >= 11 is 6.38. The molecule has 0 heterocycles. The van der Waals surface area contributed by atoms with Crippen LogP contribution in [-0.4, -0.2) is 33.4 Å². The minimum Gasteiger partial charge on any atom is -0.383 e. The van der Waals surface area contributed by atoms with E-state index in [2.05, 4.69) is 42.3 Å². The van der Waals surface area contributed by atoms with Gasteiger partial charge in [0.25, 0.3) is 0 Å². The van der Waals surface area contributed by atoms with E-state index in [0.717, 1.165) is 49.9 Å². The number of ether oxygens (including phenoxy) is 1. The zero-order valence-electron chi connectivity index (χ0n) is 12.2. The van der Waals surface area contributed by atoms with Crippen LogP contribution in [0.2, 0.25) is 5.02 Å². The Balaban J connectivity index is 2.62. The molecule has 0 aliphatic carbocycles. The molecule has 0 aliphatic rings. The molecule has 0 bridgehead atoms. The van der Waals surface area contributed by atoms with E-state index in [-0.39, 0.29) is 0 Å². The second-order valence-corrected chi connectivity index (χ2v) is 4.94. The Morgan fingerprint density at radius 3 is 2.68 bits per heavy atom. The maximum Gasteiger partial charge on any atom is 0.0642 e. The van der Waals surface area contributed by atoms with Crippen LogP contribution in [0.4, 0.5) is 5.69 Å². The lowest BCUT2D eigenvalue weighted by molar-refractivity contribution is 0.199. The van der Waals surface area contributed by atoms with Crippen LogP contribution in [0.3, 0.4) is 0 Å². The van der Waals surface area contributed by atoms with Crippen molar-refractivity contribution in [1.29, 1.82) is 0 Å². The first-order valence-electron chi connectivity index (χ1n) is 6.95. The maximum atomic E-state index is 6.38. The molecule has 1 aromatic rings. The Hall–Kier alpha value is -0.770. The number of nitrogens with zero attached hydrogens (tertiary/aromatic N) is 1. The predicted molar refractivity (Wildman–Crippen MR) is 83.2 cm³/mol.